The number of carbonyl (C=O) groups is 1. The number of thiophene rings is 1. The molecule has 1 aliphatic rings. The van der Waals surface area contributed by atoms with E-state index < -0.39 is 0 Å². The van der Waals surface area contributed by atoms with E-state index in [-0.39, 0.29) is 17.8 Å². The van der Waals surface area contributed by atoms with Crippen molar-refractivity contribution in [2.75, 3.05) is 6.54 Å². The number of nitrogens with zero attached hydrogens (tertiary/aromatic N) is 4. The van der Waals surface area contributed by atoms with Gasteiger partial charge in [0.1, 0.15) is 0 Å². The van der Waals surface area contributed by atoms with Crippen LogP contribution in [0.1, 0.15) is 35.4 Å². The van der Waals surface area contributed by atoms with Gasteiger partial charge in [0.05, 0.1) is 10.6 Å². The third-order valence-electron chi connectivity index (χ3n) is 5.79. The van der Waals surface area contributed by atoms with Gasteiger partial charge in [-0.3, -0.25) is 4.79 Å². The molecule has 1 unspecified atom stereocenters. The van der Waals surface area contributed by atoms with Crippen LogP contribution in [0.15, 0.2) is 78.2 Å². The van der Waals surface area contributed by atoms with Gasteiger partial charge in [-0.15, -0.1) is 16.4 Å². The van der Waals surface area contributed by atoms with Crippen molar-refractivity contribution in [1.82, 2.24) is 19.7 Å². The number of hydrogen-bond acceptors (Lipinski definition) is 4. The number of aryl methyl sites for hydroxylation is 1. The van der Waals surface area contributed by atoms with Crippen molar-refractivity contribution in [3.63, 3.8) is 0 Å². The van der Waals surface area contributed by atoms with Gasteiger partial charge >= 0.3 is 0 Å². The molecule has 1 atom stereocenters. The Morgan fingerprint density at radius 3 is 2.52 bits per heavy atom. The van der Waals surface area contributed by atoms with Crippen molar-refractivity contribution >= 4 is 17.2 Å². The summed E-state index contributed by atoms with van der Waals surface area (Å²) in [6, 6.07) is 24.6. The topological polar surface area (TPSA) is 51.0 Å². The van der Waals surface area contributed by atoms with Crippen molar-refractivity contribution in [2.45, 2.75) is 31.7 Å². The Kier molecular flexibility index (Phi) is 5.63. The van der Waals surface area contributed by atoms with Crippen molar-refractivity contribution < 1.29 is 4.79 Å². The highest BCUT2D eigenvalue weighted by atomic mass is 32.1. The third kappa shape index (κ3) is 4.16. The quantitative estimate of drug-likeness (QED) is 0.422. The SMILES string of the molecule is O=C(c1nc(-c2cccs2)n(-c2ccccc2)n1)N1CCCC1CCc1ccccc1. The lowest BCUT2D eigenvalue weighted by Gasteiger charge is -2.23. The fraction of sp³-hybridized carbons (Fsp3) is 0.240. The van der Waals surface area contributed by atoms with Gasteiger partial charge in [-0.1, -0.05) is 54.6 Å². The smallest absolute Gasteiger partial charge is 0.293 e. The van der Waals surface area contributed by atoms with Gasteiger partial charge in [0.2, 0.25) is 5.82 Å². The molecule has 0 radical (unpaired) electrons. The van der Waals surface area contributed by atoms with E-state index in [0.29, 0.717) is 5.82 Å². The number of benzene rings is 2. The molecule has 0 bridgehead atoms. The van der Waals surface area contributed by atoms with Gasteiger partial charge < -0.3 is 4.90 Å². The molecule has 5 rings (SSSR count). The van der Waals surface area contributed by atoms with Crippen molar-refractivity contribution in [2.24, 2.45) is 0 Å². The summed E-state index contributed by atoms with van der Waals surface area (Å²) >= 11 is 1.60. The molecular weight excluding hydrogens is 404 g/mol. The maximum Gasteiger partial charge on any atom is 0.293 e. The Labute approximate surface area is 186 Å². The molecule has 0 spiro atoms. The number of hydrogen-bond donors (Lipinski definition) is 0. The first kappa shape index (κ1) is 19.7. The molecule has 31 heavy (non-hydrogen) atoms. The first-order valence-corrected chi connectivity index (χ1v) is 11.6. The zero-order chi connectivity index (χ0) is 21.0. The molecule has 1 aliphatic heterocycles. The highest BCUT2D eigenvalue weighted by Gasteiger charge is 2.32. The van der Waals surface area contributed by atoms with E-state index in [2.05, 4.69) is 29.4 Å². The van der Waals surface area contributed by atoms with Crippen molar-refractivity contribution in [3.05, 3.63) is 89.6 Å². The monoisotopic (exact) mass is 428 g/mol. The van der Waals surface area contributed by atoms with E-state index in [0.717, 1.165) is 42.8 Å². The number of aromatic nitrogens is 3. The summed E-state index contributed by atoms with van der Waals surface area (Å²) in [5.74, 6) is 0.923. The van der Waals surface area contributed by atoms with Crippen LogP contribution in [0.2, 0.25) is 0 Å². The highest BCUT2D eigenvalue weighted by molar-refractivity contribution is 7.13. The van der Waals surface area contributed by atoms with Gasteiger partial charge in [0.15, 0.2) is 5.82 Å². The first-order valence-electron chi connectivity index (χ1n) is 10.7. The maximum absolute atomic E-state index is 13.4. The van der Waals surface area contributed by atoms with Crippen molar-refractivity contribution in [1.29, 1.82) is 0 Å². The Balaban J connectivity index is 1.41. The first-order chi connectivity index (χ1) is 15.3. The Morgan fingerprint density at radius 1 is 1.00 bits per heavy atom. The molecule has 2 aromatic heterocycles. The van der Waals surface area contributed by atoms with Crippen LogP contribution in [0, 0.1) is 0 Å². The second-order valence-electron chi connectivity index (χ2n) is 7.80. The van der Waals surface area contributed by atoms with Gasteiger partial charge in [-0.2, -0.15) is 0 Å². The molecule has 1 saturated heterocycles. The summed E-state index contributed by atoms with van der Waals surface area (Å²) in [5.41, 5.74) is 2.22. The molecule has 0 aliphatic carbocycles. The lowest BCUT2D eigenvalue weighted by Crippen LogP contribution is -2.36. The summed E-state index contributed by atoms with van der Waals surface area (Å²) in [6.07, 6.45) is 4.01. The second kappa shape index (κ2) is 8.86. The minimum atomic E-state index is -0.0666. The summed E-state index contributed by atoms with van der Waals surface area (Å²) in [7, 11) is 0. The van der Waals surface area contributed by atoms with Gasteiger partial charge in [0, 0.05) is 12.6 Å². The van der Waals surface area contributed by atoms with Crippen LogP contribution in [-0.4, -0.2) is 38.2 Å². The van der Waals surface area contributed by atoms with E-state index >= 15 is 0 Å². The molecule has 5 nitrogen and oxygen atoms in total. The van der Waals surface area contributed by atoms with E-state index in [1.165, 1.54) is 5.56 Å². The predicted molar refractivity (Wildman–Crippen MR) is 123 cm³/mol. The molecular formula is C25H24N4OS. The fourth-order valence-corrected chi connectivity index (χ4v) is 4.93. The highest BCUT2D eigenvalue weighted by Crippen LogP contribution is 2.28. The Morgan fingerprint density at radius 2 is 1.77 bits per heavy atom. The summed E-state index contributed by atoms with van der Waals surface area (Å²) < 4.78 is 1.79. The fourth-order valence-electron chi connectivity index (χ4n) is 4.23. The van der Waals surface area contributed by atoms with Crippen molar-refractivity contribution in [3.8, 4) is 16.4 Å². The Bertz CT molecular complexity index is 1140. The molecule has 6 heteroatoms. The minimum absolute atomic E-state index is 0.0666. The number of amides is 1. The minimum Gasteiger partial charge on any atom is -0.333 e. The number of rotatable bonds is 6. The zero-order valence-corrected chi connectivity index (χ0v) is 18.0. The molecule has 0 N–H and O–H groups in total. The lowest BCUT2D eigenvalue weighted by atomic mass is 10.0. The van der Waals surface area contributed by atoms with Crippen LogP contribution >= 0.6 is 11.3 Å². The average Bonchev–Trinajstić information content (AvgIpc) is 3.59. The molecule has 3 heterocycles. The molecule has 4 aromatic rings. The van der Waals surface area contributed by atoms with Crippen LogP contribution < -0.4 is 0 Å². The number of likely N-dealkylation sites (tertiary alicyclic amines) is 1. The summed E-state index contributed by atoms with van der Waals surface area (Å²) in [6.45, 7) is 0.770. The zero-order valence-electron chi connectivity index (χ0n) is 17.2. The Hall–Kier alpha value is -3.25. The predicted octanol–water partition coefficient (Wildman–Crippen LogP) is 5.23. The number of para-hydroxylation sites is 1. The van der Waals surface area contributed by atoms with Gasteiger partial charge in [-0.25, -0.2) is 9.67 Å². The molecule has 2 aromatic carbocycles. The van der Waals surface area contributed by atoms with Crippen LogP contribution in [0.5, 0.6) is 0 Å². The molecule has 1 amide bonds. The third-order valence-corrected chi connectivity index (χ3v) is 6.65. The molecule has 156 valence electrons. The maximum atomic E-state index is 13.4. The molecule has 0 saturated carbocycles. The molecule has 1 fully saturated rings. The second-order valence-corrected chi connectivity index (χ2v) is 8.75. The van der Waals surface area contributed by atoms with E-state index in [1.54, 1.807) is 16.0 Å². The van der Waals surface area contributed by atoms with E-state index in [1.807, 2.05) is 58.8 Å². The van der Waals surface area contributed by atoms with Crippen LogP contribution in [-0.2, 0) is 6.42 Å². The van der Waals surface area contributed by atoms with E-state index in [4.69, 9.17) is 4.98 Å². The van der Waals surface area contributed by atoms with Crippen LogP contribution in [0.25, 0.3) is 16.4 Å². The summed E-state index contributed by atoms with van der Waals surface area (Å²) in [4.78, 5) is 21.1. The lowest BCUT2D eigenvalue weighted by molar-refractivity contribution is 0.0718. The largest absolute Gasteiger partial charge is 0.333 e. The van der Waals surface area contributed by atoms with Gasteiger partial charge in [-0.05, 0) is 54.8 Å². The van der Waals surface area contributed by atoms with E-state index in [9.17, 15) is 4.79 Å². The van der Waals surface area contributed by atoms with Gasteiger partial charge in [0.25, 0.3) is 5.91 Å². The van der Waals surface area contributed by atoms with Crippen LogP contribution in [0.3, 0.4) is 0 Å². The van der Waals surface area contributed by atoms with Crippen LogP contribution in [0.4, 0.5) is 0 Å². The standard InChI is InChI=1S/C25H24N4OS/c30-25(28-17-7-13-20(28)16-15-19-9-3-1-4-10-19)23-26-24(22-14-8-18-31-22)29(27-23)21-11-5-2-6-12-21/h1-6,8-12,14,18,20H,7,13,15-17H2. The normalized spacial score (nSPS) is 16.0. The summed E-state index contributed by atoms with van der Waals surface area (Å²) in [5, 5.41) is 6.67. The average molecular weight is 429 g/mol. The number of carbonyl (C=O) groups excluding carboxylic acids is 1.